The van der Waals surface area contributed by atoms with E-state index in [1.165, 1.54) is 14.2 Å². The predicted molar refractivity (Wildman–Crippen MR) is 148 cm³/mol. The van der Waals surface area contributed by atoms with Crippen LogP contribution in [0, 0.1) is 0 Å². The topological polar surface area (TPSA) is 95.8 Å². The Balaban J connectivity index is 1.34. The highest BCUT2D eigenvalue weighted by atomic mass is 16.7. The van der Waals surface area contributed by atoms with Gasteiger partial charge in [-0.05, 0) is 108 Å². The van der Waals surface area contributed by atoms with Gasteiger partial charge in [-0.1, -0.05) is 12.1 Å². The molecular formula is C32H30O8. The quantitative estimate of drug-likeness (QED) is 0.274. The number of methoxy groups -OCH3 is 2. The number of phenols is 2. The number of ether oxygens (including phenoxy) is 6. The number of hydrogen-bond donors (Lipinski definition) is 2. The molecule has 0 unspecified atom stereocenters. The fourth-order valence-corrected chi connectivity index (χ4v) is 5.21. The van der Waals surface area contributed by atoms with Crippen molar-refractivity contribution in [2.24, 2.45) is 0 Å². The van der Waals surface area contributed by atoms with Crippen molar-refractivity contribution in [3.05, 3.63) is 82.9 Å². The molecule has 2 aliphatic heterocycles. The molecule has 4 aromatic carbocycles. The van der Waals surface area contributed by atoms with Gasteiger partial charge in [-0.2, -0.15) is 0 Å². The van der Waals surface area contributed by atoms with E-state index in [1.807, 2.05) is 48.5 Å². The summed E-state index contributed by atoms with van der Waals surface area (Å²) in [6.07, 6.45) is 2.79. The maximum Gasteiger partial charge on any atom is 0.231 e. The van der Waals surface area contributed by atoms with E-state index in [2.05, 4.69) is 0 Å². The summed E-state index contributed by atoms with van der Waals surface area (Å²) in [6.45, 7) is 0.461. The number of hydrogen-bond acceptors (Lipinski definition) is 8. The molecule has 4 aromatic rings. The van der Waals surface area contributed by atoms with Gasteiger partial charge in [-0.15, -0.1) is 0 Å². The molecule has 0 amide bonds. The first-order valence-corrected chi connectivity index (χ1v) is 13.1. The van der Waals surface area contributed by atoms with Crippen molar-refractivity contribution in [2.45, 2.75) is 25.7 Å². The first-order valence-electron chi connectivity index (χ1n) is 13.1. The van der Waals surface area contributed by atoms with E-state index < -0.39 is 0 Å². The van der Waals surface area contributed by atoms with Crippen molar-refractivity contribution in [1.29, 1.82) is 0 Å². The Morgan fingerprint density at radius 1 is 0.550 bits per heavy atom. The Labute approximate surface area is 232 Å². The van der Waals surface area contributed by atoms with Gasteiger partial charge >= 0.3 is 0 Å². The average molecular weight is 543 g/mol. The van der Waals surface area contributed by atoms with Crippen LogP contribution in [0.15, 0.2) is 60.7 Å². The summed E-state index contributed by atoms with van der Waals surface area (Å²) in [4.78, 5) is 0. The van der Waals surface area contributed by atoms with Crippen LogP contribution in [-0.2, 0) is 25.7 Å². The molecule has 0 fully saturated rings. The summed E-state index contributed by atoms with van der Waals surface area (Å²) >= 11 is 0. The van der Waals surface area contributed by atoms with Crippen LogP contribution in [0.5, 0.6) is 46.0 Å². The van der Waals surface area contributed by atoms with Crippen molar-refractivity contribution < 1.29 is 38.6 Å². The highest BCUT2D eigenvalue weighted by Gasteiger charge is 2.20. The second-order valence-corrected chi connectivity index (χ2v) is 9.74. The van der Waals surface area contributed by atoms with Crippen LogP contribution in [0.2, 0.25) is 0 Å². The summed E-state index contributed by atoms with van der Waals surface area (Å²) in [5.74, 6) is 3.82. The number of phenolic OH excluding ortho intramolecular Hbond substituents is 2. The predicted octanol–water partition coefficient (Wildman–Crippen LogP) is 5.81. The Morgan fingerprint density at radius 3 is 1.40 bits per heavy atom. The zero-order valence-electron chi connectivity index (χ0n) is 22.4. The smallest absolute Gasteiger partial charge is 0.231 e. The number of aryl methyl sites for hydroxylation is 4. The lowest BCUT2D eigenvalue weighted by atomic mass is 9.89. The lowest BCUT2D eigenvalue weighted by Gasteiger charge is -2.18. The molecular weight excluding hydrogens is 512 g/mol. The normalized spacial score (nSPS) is 12.9. The van der Waals surface area contributed by atoms with Crippen LogP contribution < -0.4 is 28.4 Å². The highest BCUT2D eigenvalue weighted by Crippen LogP contribution is 2.42. The maximum absolute atomic E-state index is 10.8. The lowest BCUT2D eigenvalue weighted by Crippen LogP contribution is -2.01. The lowest BCUT2D eigenvalue weighted by molar-refractivity contribution is 0.173. The largest absolute Gasteiger partial charge is 0.504 e. The summed E-state index contributed by atoms with van der Waals surface area (Å²) in [5.41, 5.74) is 5.78. The number of aromatic hydroxyl groups is 2. The summed E-state index contributed by atoms with van der Waals surface area (Å²) in [7, 11) is 3.07. The van der Waals surface area contributed by atoms with Crippen LogP contribution in [0.1, 0.15) is 22.3 Å². The van der Waals surface area contributed by atoms with Crippen molar-refractivity contribution in [3.63, 3.8) is 0 Å². The molecule has 6 rings (SSSR count). The molecule has 0 saturated carbocycles. The third kappa shape index (κ3) is 5.00. The van der Waals surface area contributed by atoms with Crippen LogP contribution in [-0.4, -0.2) is 38.0 Å². The van der Waals surface area contributed by atoms with Crippen LogP contribution >= 0.6 is 0 Å². The molecule has 0 atom stereocenters. The molecule has 8 nitrogen and oxygen atoms in total. The fraction of sp³-hybridized carbons (Fsp3) is 0.250. The first kappa shape index (κ1) is 25.6. The third-order valence-electron chi connectivity index (χ3n) is 7.34. The standard InChI is InChI=1S/C32H30O8/c1-35-29-13-21(7-3-19-5-9-27-31(11-19)39-17-37-27)23(15-25(29)33)24-16-26(34)30(36-2)14-22(24)8-4-20-6-10-28-32(12-20)40-18-38-28/h5-6,9-16,33-34H,3-4,7-8,17-18H2,1-2H3. The summed E-state index contributed by atoms with van der Waals surface area (Å²) in [6, 6.07) is 19.0. The number of fused-ring (bicyclic) bond motifs is 2. The van der Waals surface area contributed by atoms with E-state index in [-0.39, 0.29) is 25.1 Å². The van der Waals surface area contributed by atoms with Gasteiger partial charge in [-0.3, -0.25) is 0 Å². The first-order chi connectivity index (χ1) is 19.5. The van der Waals surface area contributed by atoms with Gasteiger partial charge < -0.3 is 38.6 Å². The highest BCUT2D eigenvalue weighted by molar-refractivity contribution is 5.76. The molecule has 0 aromatic heterocycles. The minimum Gasteiger partial charge on any atom is -0.504 e. The van der Waals surface area contributed by atoms with Crippen molar-refractivity contribution in [3.8, 4) is 57.1 Å². The number of rotatable bonds is 9. The fourth-order valence-electron chi connectivity index (χ4n) is 5.21. The van der Waals surface area contributed by atoms with Gasteiger partial charge in [0, 0.05) is 0 Å². The maximum atomic E-state index is 10.8. The van der Waals surface area contributed by atoms with Crippen LogP contribution in [0.25, 0.3) is 11.1 Å². The van der Waals surface area contributed by atoms with E-state index >= 15 is 0 Å². The Bertz CT molecular complexity index is 1440. The SMILES string of the molecule is COc1cc(CCc2ccc3c(c2)OCO3)c(-c2cc(O)c(OC)cc2CCc2ccc3c(c2)OCO3)cc1O. The van der Waals surface area contributed by atoms with Gasteiger partial charge in [0.15, 0.2) is 46.0 Å². The molecule has 8 heteroatoms. The Kier molecular flexibility index (Phi) is 6.90. The molecule has 0 radical (unpaired) electrons. The van der Waals surface area contributed by atoms with Crippen molar-refractivity contribution in [2.75, 3.05) is 27.8 Å². The molecule has 0 saturated heterocycles. The second-order valence-electron chi connectivity index (χ2n) is 9.74. The van der Waals surface area contributed by atoms with E-state index in [0.717, 1.165) is 69.2 Å². The molecule has 2 heterocycles. The van der Waals surface area contributed by atoms with Crippen LogP contribution in [0.3, 0.4) is 0 Å². The monoisotopic (exact) mass is 542 g/mol. The Hall–Kier alpha value is -4.72. The van der Waals surface area contributed by atoms with E-state index in [0.29, 0.717) is 24.3 Å². The number of benzene rings is 4. The minimum atomic E-state index is 0.0290. The molecule has 2 aliphatic rings. The molecule has 0 bridgehead atoms. The average Bonchev–Trinajstić information content (AvgIpc) is 3.64. The Morgan fingerprint density at radius 2 is 0.975 bits per heavy atom. The second kappa shape index (κ2) is 10.8. The molecule has 206 valence electrons. The zero-order valence-corrected chi connectivity index (χ0v) is 22.4. The van der Waals surface area contributed by atoms with Crippen molar-refractivity contribution in [1.82, 2.24) is 0 Å². The van der Waals surface area contributed by atoms with Crippen molar-refractivity contribution >= 4 is 0 Å². The van der Waals surface area contributed by atoms with Crippen LogP contribution in [0.4, 0.5) is 0 Å². The van der Waals surface area contributed by atoms with Gasteiger partial charge in [-0.25, -0.2) is 0 Å². The van der Waals surface area contributed by atoms with E-state index in [9.17, 15) is 10.2 Å². The van der Waals surface area contributed by atoms with Gasteiger partial charge in [0.05, 0.1) is 14.2 Å². The molecule has 2 N–H and O–H groups in total. The van der Waals surface area contributed by atoms with E-state index in [4.69, 9.17) is 28.4 Å². The zero-order chi connectivity index (χ0) is 27.6. The van der Waals surface area contributed by atoms with Gasteiger partial charge in [0.25, 0.3) is 0 Å². The summed E-state index contributed by atoms with van der Waals surface area (Å²) in [5, 5.41) is 21.5. The molecule has 0 spiro atoms. The third-order valence-corrected chi connectivity index (χ3v) is 7.34. The molecule has 40 heavy (non-hydrogen) atoms. The summed E-state index contributed by atoms with van der Waals surface area (Å²) < 4.78 is 32.9. The van der Waals surface area contributed by atoms with Gasteiger partial charge in [0.2, 0.25) is 13.6 Å². The van der Waals surface area contributed by atoms with E-state index in [1.54, 1.807) is 12.1 Å². The minimum absolute atomic E-state index is 0.0290. The molecule has 0 aliphatic carbocycles. The van der Waals surface area contributed by atoms with Gasteiger partial charge in [0.1, 0.15) is 0 Å².